The summed E-state index contributed by atoms with van der Waals surface area (Å²) in [5.41, 5.74) is 5.08. The van der Waals surface area contributed by atoms with Crippen LogP contribution in [0.25, 0.3) is 10.2 Å². The lowest BCUT2D eigenvalue weighted by atomic mass is 10.1. The Bertz CT molecular complexity index is 1040. The summed E-state index contributed by atoms with van der Waals surface area (Å²) in [4.78, 5) is 31.4. The average molecular weight is 379 g/mol. The van der Waals surface area contributed by atoms with Gasteiger partial charge in [-0.25, -0.2) is 4.98 Å². The average Bonchev–Trinajstić information content (AvgIpc) is 3.18. The third-order valence-corrected chi connectivity index (χ3v) is 5.80. The van der Waals surface area contributed by atoms with E-state index in [2.05, 4.69) is 16.4 Å². The number of hydrogen-bond acceptors (Lipinski definition) is 4. The van der Waals surface area contributed by atoms with Crippen molar-refractivity contribution in [3.63, 3.8) is 0 Å². The molecule has 1 unspecified atom stereocenters. The molecule has 5 nitrogen and oxygen atoms in total. The second kappa shape index (κ2) is 6.78. The van der Waals surface area contributed by atoms with Gasteiger partial charge in [0.2, 0.25) is 11.8 Å². The molecular weight excluding hydrogens is 358 g/mol. The molecule has 0 spiro atoms. The summed E-state index contributed by atoms with van der Waals surface area (Å²) >= 11 is 1.46. The Labute approximate surface area is 162 Å². The highest BCUT2D eigenvalue weighted by Crippen LogP contribution is 2.30. The molecule has 1 fully saturated rings. The fourth-order valence-electron chi connectivity index (χ4n) is 3.59. The van der Waals surface area contributed by atoms with Crippen LogP contribution in [0.5, 0.6) is 0 Å². The number of nitrogens with one attached hydrogen (secondary N) is 1. The van der Waals surface area contributed by atoms with Gasteiger partial charge in [-0.05, 0) is 55.7 Å². The number of benzene rings is 2. The second-order valence-corrected chi connectivity index (χ2v) is 8.21. The number of amides is 2. The molecule has 1 aliphatic rings. The minimum atomic E-state index is -0.369. The standard InChI is InChI=1S/C21H21N3O2S/c1-12-7-13(2)9-16(8-12)24-11-15(10-18(24)25)20(26)23-21-22-19-14(3)5-4-6-17(19)27-21/h4-9,15H,10-11H2,1-3H3,(H,22,23,26). The summed E-state index contributed by atoms with van der Waals surface area (Å²) < 4.78 is 1.05. The van der Waals surface area contributed by atoms with Crippen molar-refractivity contribution in [1.82, 2.24) is 4.98 Å². The van der Waals surface area contributed by atoms with Gasteiger partial charge in [0.15, 0.2) is 5.13 Å². The van der Waals surface area contributed by atoms with Crippen LogP contribution in [0.4, 0.5) is 10.8 Å². The number of anilines is 2. The van der Waals surface area contributed by atoms with E-state index in [1.807, 2.05) is 51.1 Å². The Morgan fingerprint density at radius 1 is 1.19 bits per heavy atom. The molecule has 138 valence electrons. The molecule has 0 saturated carbocycles. The van der Waals surface area contributed by atoms with E-state index in [1.165, 1.54) is 11.3 Å². The van der Waals surface area contributed by atoms with Gasteiger partial charge in [0, 0.05) is 18.7 Å². The van der Waals surface area contributed by atoms with Gasteiger partial charge in [-0.3, -0.25) is 9.59 Å². The van der Waals surface area contributed by atoms with Crippen LogP contribution in [0.2, 0.25) is 0 Å². The minimum absolute atomic E-state index is 0.0136. The molecule has 3 aromatic rings. The zero-order valence-electron chi connectivity index (χ0n) is 15.6. The Balaban J connectivity index is 1.51. The number of nitrogens with zero attached hydrogens (tertiary/aromatic N) is 2. The Morgan fingerprint density at radius 2 is 1.93 bits per heavy atom. The summed E-state index contributed by atoms with van der Waals surface area (Å²) in [6.45, 7) is 6.43. The van der Waals surface area contributed by atoms with Crippen LogP contribution >= 0.6 is 11.3 Å². The highest BCUT2D eigenvalue weighted by molar-refractivity contribution is 7.22. The summed E-state index contributed by atoms with van der Waals surface area (Å²) in [7, 11) is 0. The first-order valence-corrected chi connectivity index (χ1v) is 9.78. The van der Waals surface area contributed by atoms with Gasteiger partial charge in [-0.15, -0.1) is 0 Å². The number of carbonyl (C=O) groups excluding carboxylic acids is 2. The van der Waals surface area contributed by atoms with Crippen molar-refractivity contribution >= 4 is 44.2 Å². The van der Waals surface area contributed by atoms with Crippen LogP contribution in [-0.2, 0) is 9.59 Å². The van der Waals surface area contributed by atoms with Crippen molar-refractivity contribution in [2.45, 2.75) is 27.2 Å². The SMILES string of the molecule is Cc1cc(C)cc(N2CC(C(=O)Nc3nc4c(C)cccc4s3)CC2=O)c1. The van der Waals surface area contributed by atoms with E-state index < -0.39 is 0 Å². The minimum Gasteiger partial charge on any atom is -0.312 e. The number of carbonyl (C=O) groups is 2. The fourth-order valence-corrected chi connectivity index (χ4v) is 4.53. The van der Waals surface area contributed by atoms with E-state index in [9.17, 15) is 9.59 Å². The molecular formula is C21H21N3O2S. The predicted molar refractivity (Wildman–Crippen MR) is 109 cm³/mol. The zero-order chi connectivity index (χ0) is 19.1. The molecule has 0 radical (unpaired) electrons. The molecule has 0 aliphatic carbocycles. The summed E-state index contributed by atoms with van der Waals surface area (Å²) in [5, 5.41) is 3.49. The van der Waals surface area contributed by atoms with E-state index >= 15 is 0 Å². The first-order valence-electron chi connectivity index (χ1n) is 8.96. The van der Waals surface area contributed by atoms with E-state index in [4.69, 9.17) is 0 Å². The highest BCUT2D eigenvalue weighted by Gasteiger charge is 2.35. The lowest BCUT2D eigenvalue weighted by Crippen LogP contribution is -2.28. The van der Waals surface area contributed by atoms with Crippen LogP contribution < -0.4 is 10.2 Å². The number of rotatable bonds is 3. The van der Waals surface area contributed by atoms with Crippen molar-refractivity contribution in [2.75, 3.05) is 16.8 Å². The maximum atomic E-state index is 12.7. The van der Waals surface area contributed by atoms with Gasteiger partial charge in [-0.1, -0.05) is 29.5 Å². The number of fused-ring (bicyclic) bond motifs is 1. The number of para-hydroxylation sites is 1. The number of aryl methyl sites for hydroxylation is 3. The van der Waals surface area contributed by atoms with E-state index in [0.29, 0.717) is 11.7 Å². The molecule has 2 amide bonds. The van der Waals surface area contributed by atoms with Crippen LogP contribution in [0.1, 0.15) is 23.1 Å². The van der Waals surface area contributed by atoms with Gasteiger partial charge in [0.25, 0.3) is 0 Å². The van der Waals surface area contributed by atoms with Gasteiger partial charge in [0.05, 0.1) is 16.1 Å². The van der Waals surface area contributed by atoms with Crippen LogP contribution in [-0.4, -0.2) is 23.3 Å². The monoisotopic (exact) mass is 379 g/mol. The molecule has 4 rings (SSSR count). The first-order chi connectivity index (χ1) is 12.9. The van der Waals surface area contributed by atoms with Crippen molar-refractivity contribution in [2.24, 2.45) is 5.92 Å². The highest BCUT2D eigenvalue weighted by atomic mass is 32.1. The molecule has 27 heavy (non-hydrogen) atoms. The Hall–Kier alpha value is -2.73. The van der Waals surface area contributed by atoms with Gasteiger partial charge >= 0.3 is 0 Å². The van der Waals surface area contributed by atoms with Crippen LogP contribution in [0, 0.1) is 26.7 Å². The maximum absolute atomic E-state index is 12.7. The van der Waals surface area contributed by atoms with E-state index in [1.54, 1.807) is 4.90 Å². The van der Waals surface area contributed by atoms with Crippen LogP contribution in [0.3, 0.4) is 0 Å². The lowest BCUT2D eigenvalue weighted by Gasteiger charge is -2.18. The molecule has 6 heteroatoms. The van der Waals surface area contributed by atoms with Gasteiger partial charge in [-0.2, -0.15) is 0 Å². The maximum Gasteiger partial charge on any atom is 0.231 e. The van der Waals surface area contributed by atoms with E-state index in [0.717, 1.165) is 32.6 Å². The lowest BCUT2D eigenvalue weighted by molar-refractivity contribution is -0.122. The molecule has 0 bridgehead atoms. The van der Waals surface area contributed by atoms with Gasteiger partial charge < -0.3 is 10.2 Å². The summed E-state index contributed by atoms with van der Waals surface area (Å²) in [5.74, 6) is -0.529. The molecule has 2 heterocycles. The molecule has 1 saturated heterocycles. The van der Waals surface area contributed by atoms with E-state index in [-0.39, 0.29) is 24.2 Å². The molecule has 1 N–H and O–H groups in total. The first kappa shape index (κ1) is 17.7. The third-order valence-electron chi connectivity index (χ3n) is 4.86. The molecule has 2 aromatic carbocycles. The second-order valence-electron chi connectivity index (χ2n) is 7.18. The molecule has 1 aliphatic heterocycles. The van der Waals surface area contributed by atoms with Crippen molar-refractivity contribution < 1.29 is 9.59 Å². The number of thiazole rings is 1. The Kier molecular flexibility index (Phi) is 4.44. The summed E-state index contributed by atoms with van der Waals surface area (Å²) in [6.07, 6.45) is 0.225. The number of aromatic nitrogens is 1. The predicted octanol–water partition coefficient (Wildman–Crippen LogP) is 4.21. The Morgan fingerprint density at radius 3 is 2.63 bits per heavy atom. The van der Waals surface area contributed by atoms with Crippen molar-refractivity contribution in [3.8, 4) is 0 Å². The quantitative estimate of drug-likeness (QED) is 0.741. The van der Waals surface area contributed by atoms with Crippen molar-refractivity contribution in [1.29, 1.82) is 0 Å². The normalized spacial score (nSPS) is 16.9. The fraction of sp³-hybridized carbons (Fsp3) is 0.286. The number of hydrogen-bond donors (Lipinski definition) is 1. The van der Waals surface area contributed by atoms with Crippen LogP contribution in [0.15, 0.2) is 36.4 Å². The zero-order valence-corrected chi connectivity index (χ0v) is 16.4. The summed E-state index contributed by atoms with van der Waals surface area (Å²) in [6, 6.07) is 12.0. The molecule has 1 atom stereocenters. The third kappa shape index (κ3) is 3.45. The molecule has 1 aromatic heterocycles. The topological polar surface area (TPSA) is 62.3 Å². The smallest absolute Gasteiger partial charge is 0.231 e. The largest absolute Gasteiger partial charge is 0.312 e. The van der Waals surface area contributed by atoms with Crippen molar-refractivity contribution in [3.05, 3.63) is 53.1 Å². The van der Waals surface area contributed by atoms with Gasteiger partial charge in [0.1, 0.15) is 0 Å².